The Morgan fingerprint density at radius 2 is 1.67 bits per heavy atom. The van der Waals surface area contributed by atoms with Crippen LogP contribution >= 0.6 is 0 Å². The Morgan fingerprint density at radius 3 is 2.11 bits per heavy atom. The van der Waals surface area contributed by atoms with E-state index in [1.165, 1.54) is 4.90 Å². The number of piperazine rings is 1. The lowest BCUT2D eigenvalue weighted by atomic mass is 10.2. The van der Waals surface area contributed by atoms with Crippen LogP contribution in [-0.2, 0) is 4.79 Å². The van der Waals surface area contributed by atoms with Gasteiger partial charge in [0.1, 0.15) is 0 Å². The predicted molar refractivity (Wildman–Crippen MR) is 57.2 cm³/mol. The number of alkyl halides is 3. The molecule has 8 heteroatoms. The first-order valence-electron chi connectivity index (χ1n) is 5.70. The maximum absolute atomic E-state index is 12.1. The highest BCUT2D eigenvalue weighted by atomic mass is 19.4. The van der Waals surface area contributed by atoms with E-state index in [-0.39, 0.29) is 6.42 Å². The third kappa shape index (κ3) is 5.19. The van der Waals surface area contributed by atoms with Gasteiger partial charge in [-0.3, -0.25) is 9.69 Å². The second-order valence-corrected chi connectivity index (χ2v) is 4.34. The standard InChI is InChI=1S/C10H17F3N2O3/c11-10(12,13)8(16)7-15-5-3-14(4-6-15)2-1-9(17)18/h8,16H,1-7H2,(H,17,18). The number of carbonyl (C=O) groups is 1. The number of aliphatic carboxylic acids is 1. The van der Waals surface area contributed by atoms with Gasteiger partial charge in [-0.05, 0) is 0 Å². The summed E-state index contributed by atoms with van der Waals surface area (Å²) in [6.07, 6.45) is -6.87. The van der Waals surface area contributed by atoms with Gasteiger partial charge >= 0.3 is 12.1 Å². The Bertz CT molecular complexity index is 278. The zero-order valence-electron chi connectivity index (χ0n) is 9.86. The van der Waals surface area contributed by atoms with E-state index >= 15 is 0 Å². The fourth-order valence-corrected chi connectivity index (χ4v) is 1.80. The van der Waals surface area contributed by atoms with Crippen LogP contribution in [-0.4, -0.2) is 77.5 Å². The first kappa shape index (κ1) is 15.2. The molecule has 2 N–H and O–H groups in total. The number of rotatable bonds is 5. The Kier molecular flexibility index (Phi) is 5.36. The molecule has 1 fully saturated rings. The molecular formula is C10H17F3N2O3. The first-order valence-corrected chi connectivity index (χ1v) is 5.70. The fourth-order valence-electron chi connectivity index (χ4n) is 1.80. The van der Waals surface area contributed by atoms with Crippen molar-refractivity contribution < 1.29 is 28.2 Å². The van der Waals surface area contributed by atoms with Crippen molar-refractivity contribution in [2.45, 2.75) is 18.7 Å². The maximum atomic E-state index is 12.1. The van der Waals surface area contributed by atoms with E-state index in [1.807, 2.05) is 4.90 Å². The average Bonchev–Trinajstić information content (AvgIpc) is 2.26. The van der Waals surface area contributed by atoms with E-state index in [2.05, 4.69) is 0 Å². The number of hydrogen-bond acceptors (Lipinski definition) is 4. The lowest BCUT2D eigenvalue weighted by Crippen LogP contribution is -2.50. The number of nitrogens with zero attached hydrogens (tertiary/aromatic N) is 2. The minimum absolute atomic E-state index is 0.0329. The van der Waals surface area contributed by atoms with E-state index in [4.69, 9.17) is 10.2 Å². The average molecular weight is 270 g/mol. The molecule has 0 bridgehead atoms. The molecule has 0 spiro atoms. The highest BCUT2D eigenvalue weighted by molar-refractivity contribution is 5.66. The number of carboxylic acids is 1. The summed E-state index contributed by atoms with van der Waals surface area (Å²) in [5.74, 6) is -0.884. The Hall–Kier alpha value is -0.860. The van der Waals surface area contributed by atoms with E-state index in [9.17, 15) is 18.0 Å². The van der Waals surface area contributed by atoms with Gasteiger partial charge in [0.25, 0.3) is 0 Å². The van der Waals surface area contributed by atoms with Crippen molar-refractivity contribution in [3.8, 4) is 0 Å². The summed E-state index contributed by atoms with van der Waals surface area (Å²) in [6, 6.07) is 0. The van der Waals surface area contributed by atoms with E-state index in [0.29, 0.717) is 32.7 Å². The van der Waals surface area contributed by atoms with Gasteiger partial charge in [-0.15, -0.1) is 0 Å². The molecule has 1 saturated heterocycles. The first-order chi connectivity index (χ1) is 8.29. The molecule has 106 valence electrons. The van der Waals surface area contributed by atoms with Crippen LogP contribution in [0.5, 0.6) is 0 Å². The maximum Gasteiger partial charge on any atom is 0.415 e. The van der Waals surface area contributed by atoms with Crippen LogP contribution in [0, 0.1) is 0 Å². The van der Waals surface area contributed by atoms with Crippen LogP contribution in [0.2, 0.25) is 0 Å². The molecule has 18 heavy (non-hydrogen) atoms. The van der Waals surface area contributed by atoms with Crippen molar-refractivity contribution in [2.24, 2.45) is 0 Å². The summed E-state index contributed by atoms with van der Waals surface area (Å²) in [6.45, 7) is 1.86. The van der Waals surface area contributed by atoms with Crippen molar-refractivity contribution in [3.63, 3.8) is 0 Å². The molecule has 5 nitrogen and oxygen atoms in total. The molecule has 0 radical (unpaired) electrons. The lowest BCUT2D eigenvalue weighted by Gasteiger charge is -2.35. The molecule has 0 aromatic carbocycles. The fraction of sp³-hybridized carbons (Fsp3) is 0.900. The second-order valence-electron chi connectivity index (χ2n) is 4.34. The van der Waals surface area contributed by atoms with Crippen LogP contribution in [0.15, 0.2) is 0 Å². The molecule has 1 atom stereocenters. The van der Waals surface area contributed by atoms with Gasteiger partial charge in [-0.25, -0.2) is 0 Å². The van der Waals surface area contributed by atoms with Crippen molar-refractivity contribution in [2.75, 3.05) is 39.3 Å². The molecule has 1 aliphatic rings. The normalized spacial score (nSPS) is 20.9. The predicted octanol–water partition coefficient (Wildman–Crippen LogP) is 0.00190. The molecule has 0 aromatic rings. The monoisotopic (exact) mass is 270 g/mol. The van der Waals surface area contributed by atoms with E-state index in [0.717, 1.165) is 0 Å². The number of hydrogen-bond donors (Lipinski definition) is 2. The molecule has 1 heterocycles. The molecular weight excluding hydrogens is 253 g/mol. The van der Waals surface area contributed by atoms with Crippen LogP contribution in [0.1, 0.15) is 6.42 Å². The summed E-state index contributed by atoms with van der Waals surface area (Å²) < 4.78 is 36.4. The molecule has 1 unspecified atom stereocenters. The molecule has 1 aliphatic heterocycles. The van der Waals surface area contributed by atoms with Gasteiger partial charge in [-0.1, -0.05) is 0 Å². The Labute approximate surface area is 103 Å². The largest absolute Gasteiger partial charge is 0.481 e. The quantitative estimate of drug-likeness (QED) is 0.736. The molecule has 1 rings (SSSR count). The zero-order valence-corrected chi connectivity index (χ0v) is 9.86. The summed E-state index contributed by atoms with van der Waals surface area (Å²) in [7, 11) is 0. The minimum Gasteiger partial charge on any atom is -0.481 e. The van der Waals surface area contributed by atoms with E-state index < -0.39 is 24.8 Å². The molecule has 0 aliphatic carbocycles. The summed E-state index contributed by atoms with van der Waals surface area (Å²) >= 11 is 0. The van der Waals surface area contributed by atoms with Gasteiger partial charge in [0, 0.05) is 39.3 Å². The number of aliphatic hydroxyl groups excluding tert-OH is 1. The molecule has 0 amide bonds. The van der Waals surface area contributed by atoms with Crippen molar-refractivity contribution in [3.05, 3.63) is 0 Å². The number of halogens is 3. The number of carboxylic acid groups (broad SMARTS) is 1. The van der Waals surface area contributed by atoms with Crippen LogP contribution < -0.4 is 0 Å². The summed E-state index contributed by atoms with van der Waals surface area (Å²) in [5.41, 5.74) is 0. The van der Waals surface area contributed by atoms with Gasteiger partial charge in [0.05, 0.1) is 6.42 Å². The minimum atomic E-state index is -4.58. The van der Waals surface area contributed by atoms with Crippen molar-refractivity contribution >= 4 is 5.97 Å². The highest BCUT2D eigenvalue weighted by Gasteiger charge is 2.39. The highest BCUT2D eigenvalue weighted by Crippen LogP contribution is 2.21. The van der Waals surface area contributed by atoms with Crippen LogP contribution in [0.25, 0.3) is 0 Å². The van der Waals surface area contributed by atoms with Gasteiger partial charge < -0.3 is 15.1 Å². The smallest absolute Gasteiger partial charge is 0.415 e. The Balaban J connectivity index is 2.25. The van der Waals surface area contributed by atoms with Crippen LogP contribution in [0.3, 0.4) is 0 Å². The third-order valence-corrected chi connectivity index (χ3v) is 2.92. The second kappa shape index (κ2) is 6.35. The SMILES string of the molecule is O=C(O)CCN1CCN(CC(O)C(F)(F)F)CC1. The van der Waals surface area contributed by atoms with Crippen molar-refractivity contribution in [1.82, 2.24) is 9.80 Å². The lowest BCUT2D eigenvalue weighted by molar-refractivity contribution is -0.209. The van der Waals surface area contributed by atoms with Gasteiger partial charge in [0.2, 0.25) is 0 Å². The van der Waals surface area contributed by atoms with Gasteiger partial charge in [-0.2, -0.15) is 13.2 Å². The van der Waals surface area contributed by atoms with Crippen molar-refractivity contribution in [1.29, 1.82) is 0 Å². The zero-order chi connectivity index (χ0) is 13.8. The molecule has 0 aromatic heterocycles. The van der Waals surface area contributed by atoms with Gasteiger partial charge in [0.15, 0.2) is 6.10 Å². The number of aliphatic hydroxyl groups is 1. The Morgan fingerprint density at radius 1 is 1.17 bits per heavy atom. The number of β-amino-alcohol motifs (C(OH)–C–C–N with tert-alkyl or cyclic N) is 1. The molecule has 0 saturated carbocycles. The summed E-state index contributed by atoms with van der Waals surface area (Å²) in [4.78, 5) is 13.8. The van der Waals surface area contributed by atoms with E-state index in [1.54, 1.807) is 0 Å². The third-order valence-electron chi connectivity index (χ3n) is 2.92. The topological polar surface area (TPSA) is 64.0 Å². The summed E-state index contributed by atoms with van der Waals surface area (Å²) in [5, 5.41) is 17.4. The van der Waals surface area contributed by atoms with Crippen LogP contribution in [0.4, 0.5) is 13.2 Å².